The van der Waals surface area contributed by atoms with Gasteiger partial charge < -0.3 is 10.2 Å². The molecule has 0 radical (unpaired) electrons. The lowest BCUT2D eigenvalue weighted by atomic mass is 9.44. The Morgan fingerprint density at radius 3 is 2.32 bits per heavy atom. The number of carbonyl (C=O) groups excluding carboxylic acids is 2. The van der Waals surface area contributed by atoms with Gasteiger partial charge in [0.15, 0.2) is 5.78 Å². The molecule has 0 spiro atoms. The van der Waals surface area contributed by atoms with Gasteiger partial charge in [0, 0.05) is 17.8 Å². The summed E-state index contributed by atoms with van der Waals surface area (Å²) in [5, 5.41) is 22.3. The summed E-state index contributed by atoms with van der Waals surface area (Å²) in [5.74, 6) is 1.03. The summed E-state index contributed by atoms with van der Waals surface area (Å²) < 4.78 is 0. The molecule has 4 rings (SSSR count). The van der Waals surface area contributed by atoms with Gasteiger partial charge in [-0.05, 0) is 94.6 Å². The topological polar surface area (TPSA) is 74.6 Å². The van der Waals surface area contributed by atoms with E-state index in [2.05, 4.69) is 20.8 Å². The predicted octanol–water partition coefficient (Wildman–Crippen LogP) is 5.95. The van der Waals surface area contributed by atoms with Crippen molar-refractivity contribution in [2.75, 3.05) is 0 Å². The van der Waals surface area contributed by atoms with Crippen molar-refractivity contribution in [3.05, 3.63) is 22.8 Å². The van der Waals surface area contributed by atoms with E-state index in [1.54, 1.807) is 19.9 Å². The van der Waals surface area contributed by atoms with E-state index >= 15 is 0 Å². The Labute approximate surface area is 206 Å². The third kappa shape index (κ3) is 3.38. The molecule has 0 heterocycles. The lowest BCUT2D eigenvalue weighted by molar-refractivity contribution is -0.187. The molecule has 6 atom stereocenters. The maximum atomic E-state index is 13.2. The zero-order valence-electron chi connectivity index (χ0n) is 22.7. The van der Waals surface area contributed by atoms with E-state index < -0.39 is 16.6 Å². The largest absolute Gasteiger partial charge is 0.388 e. The molecule has 0 bridgehead atoms. The van der Waals surface area contributed by atoms with E-state index in [9.17, 15) is 19.8 Å². The Bertz CT molecular complexity index is 963. The maximum absolute atomic E-state index is 13.2. The zero-order chi connectivity index (χ0) is 25.5. The van der Waals surface area contributed by atoms with Crippen molar-refractivity contribution in [3.63, 3.8) is 0 Å². The number of aliphatic hydroxyl groups is 2. The SMILES string of the molecule is C/C(=C\C(=O)[C@@H](C)[C@@H]1CC[C@H]2C3=C(CC[C@@]21C)[C@@]1(C)CCC(=O)C(C)(C)[C@]1(O)CC3)C(C)(C)O. The minimum Gasteiger partial charge on any atom is -0.388 e. The van der Waals surface area contributed by atoms with Crippen molar-refractivity contribution < 1.29 is 19.8 Å². The fourth-order valence-corrected chi connectivity index (χ4v) is 8.57. The van der Waals surface area contributed by atoms with Crippen LogP contribution in [0.1, 0.15) is 107 Å². The van der Waals surface area contributed by atoms with Crippen molar-refractivity contribution in [1.82, 2.24) is 0 Å². The number of fused-ring (bicyclic) bond motifs is 4. The average Bonchev–Trinajstić information content (AvgIpc) is 3.09. The van der Waals surface area contributed by atoms with Crippen LogP contribution in [-0.2, 0) is 9.59 Å². The van der Waals surface area contributed by atoms with E-state index in [1.807, 2.05) is 20.8 Å². The van der Waals surface area contributed by atoms with Crippen LogP contribution in [0.4, 0.5) is 0 Å². The molecule has 0 aromatic carbocycles. The molecular formula is C30H46O4. The smallest absolute Gasteiger partial charge is 0.158 e. The normalized spacial score (nSPS) is 41.0. The highest BCUT2D eigenvalue weighted by atomic mass is 16.3. The van der Waals surface area contributed by atoms with Crippen molar-refractivity contribution in [2.45, 2.75) is 118 Å². The number of Topliss-reactive ketones (excluding diaryl/α,β-unsaturated/α-hetero) is 1. The van der Waals surface area contributed by atoms with Crippen LogP contribution >= 0.6 is 0 Å². The molecule has 0 aliphatic heterocycles. The first-order valence-electron chi connectivity index (χ1n) is 13.4. The summed E-state index contributed by atoms with van der Waals surface area (Å²) in [6.45, 7) is 15.9. The summed E-state index contributed by atoms with van der Waals surface area (Å²) in [7, 11) is 0. The summed E-state index contributed by atoms with van der Waals surface area (Å²) in [6, 6.07) is 0. The van der Waals surface area contributed by atoms with Gasteiger partial charge in [-0.2, -0.15) is 0 Å². The monoisotopic (exact) mass is 470 g/mol. The number of allylic oxidation sites excluding steroid dienone is 2. The molecule has 0 saturated heterocycles. The predicted molar refractivity (Wildman–Crippen MR) is 135 cm³/mol. The van der Waals surface area contributed by atoms with Crippen molar-refractivity contribution in [1.29, 1.82) is 0 Å². The standard InChI is InChI=1S/C30H46O4/c1-18(27(5,6)33)17-24(31)19(2)21-9-10-22-20-11-16-30(34)26(3,4)25(32)13-15-29(30,8)23(20)12-14-28(21,22)7/h17,19,21-22,33-34H,9-16H2,1-8H3/b18-17+/t19-,21-,22-,28+,29+,30+/m0/s1. The fourth-order valence-electron chi connectivity index (χ4n) is 8.57. The van der Waals surface area contributed by atoms with Crippen molar-refractivity contribution >= 4 is 11.6 Å². The Kier molecular flexibility index (Phi) is 5.98. The Balaban J connectivity index is 1.66. The number of hydrogen-bond acceptors (Lipinski definition) is 4. The van der Waals surface area contributed by atoms with E-state index in [4.69, 9.17) is 0 Å². The van der Waals surface area contributed by atoms with Gasteiger partial charge in [0.05, 0.1) is 16.6 Å². The van der Waals surface area contributed by atoms with Crippen molar-refractivity contribution in [3.8, 4) is 0 Å². The molecule has 2 saturated carbocycles. The van der Waals surface area contributed by atoms with Gasteiger partial charge >= 0.3 is 0 Å². The first kappa shape index (κ1) is 25.8. The Morgan fingerprint density at radius 1 is 1.06 bits per heavy atom. The molecule has 0 aromatic rings. The Morgan fingerprint density at radius 2 is 1.71 bits per heavy atom. The molecule has 0 aromatic heterocycles. The minimum absolute atomic E-state index is 0.0724. The van der Waals surface area contributed by atoms with Gasteiger partial charge in [-0.15, -0.1) is 0 Å². The molecule has 0 amide bonds. The molecule has 34 heavy (non-hydrogen) atoms. The van der Waals surface area contributed by atoms with E-state index in [-0.39, 0.29) is 28.3 Å². The van der Waals surface area contributed by atoms with E-state index in [1.165, 1.54) is 11.1 Å². The van der Waals surface area contributed by atoms with Crippen molar-refractivity contribution in [2.24, 2.45) is 34.0 Å². The molecular weight excluding hydrogens is 424 g/mol. The van der Waals surface area contributed by atoms with E-state index in [0.29, 0.717) is 30.3 Å². The molecule has 4 aliphatic rings. The van der Waals surface area contributed by atoms with Crippen LogP contribution in [0, 0.1) is 34.0 Å². The Hall–Kier alpha value is -1.26. The summed E-state index contributed by atoms with van der Waals surface area (Å²) in [5.41, 5.74) is 0.739. The lowest BCUT2D eigenvalue weighted by Crippen LogP contribution is -2.65. The van der Waals surface area contributed by atoms with Crippen LogP contribution in [0.15, 0.2) is 22.8 Å². The van der Waals surface area contributed by atoms with Gasteiger partial charge in [0.25, 0.3) is 0 Å². The van der Waals surface area contributed by atoms with Crippen LogP contribution in [0.2, 0.25) is 0 Å². The summed E-state index contributed by atoms with van der Waals surface area (Å²) in [4.78, 5) is 26.0. The van der Waals surface area contributed by atoms with Gasteiger partial charge in [-0.3, -0.25) is 9.59 Å². The quantitative estimate of drug-likeness (QED) is 0.393. The van der Waals surface area contributed by atoms with Gasteiger partial charge in [0.1, 0.15) is 5.78 Å². The van der Waals surface area contributed by atoms with E-state index in [0.717, 1.165) is 38.5 Å². The van der Waals surface area contributed by atoms with Crippen LogP contribution in [-0.4, -0.2) is 33.0 Å². The first-order chi connectivity index (χ1) is 15.5. The third-order valence-electron chi connectivity index (χ3n) is 11.4. The highest BCUT2D eigenvalue weighted by molar-refractivity contribution is 5.92. The highest BCUT2D eigenvalue weighted by Gasteiger charge is 2.66. The number of carbonyl (C=O) groups is 2. The third-order valence-corrected chi connectivity index (χ3v) is 11.4. The molecule has 2 fully saturated rings. The number of ketones is 2. The van der Waals surface area contributed by atoms with Gasteiger partial charge in [-0.25, -0.2) is 0 Å². The zero-order valence-corrected chi connectivity index (χ0v) is 22.7. The second-order valence-electron chi connectivity index (χ2n) is 13.6. The van der Waals surface area contributed by atoms with Crippen LogP contribution in [0.3, 0.4) is 0 Å². The maximum Gasteiger partial charge on any atom is 0.158 e. The van der Waals surface area contributed by atoms with Gasteiger partial charge in [0.2, 0.25) is 0 Å². The summed E-state index contributed by atoms with van der Waals surface area (Å²) in [6.07, 6.45) is 8.62. The average molecular weight is 471 g/mol. The second-order valence-corrected chi connectivity index (χ2v) is 13.6. The molecule has 4 aliphatic carbocycles. The molecule has 190 valence electrons. The summed E-state index contributed by atoms with van der Waals surface area (Å²) >= 11 is 0. The second kappa shape index (κ2) is 7.87. The first-order valence-corrected chi connectivity index (χ1v) is 13.4. The highest BCUT2D eigenvalue weighted by Crippen LogP contribution is 2.68. The van der Waals surface area contributed by atoms with Crippen LogP contribution < -0.4 is 0 Å². The molecule has 4 nitrogen and oxygen atoms in total. The fraction of sp³-hybridized carbons (Fsp3) is 0.800. The van der Waals surface area contributed by atoms with Crippen LogP contribution in [0.5, 0.6) is 0 Å². The van der Waals surface area contributed by atoms with Crippen LogP contribution in [0.25, 0.3) is 0 Å². The number of rotatable bonds is 4. The molecule has 0 unspecified atom stereocenters. The lowest BCUT2D eigenvalue weighted by Gasteiger charge is -2.62. The number of hydrogen-bond donors (Lipinski definition) is 2. The minimum atomic E-state index is -0.984. The van der Waals surface area contributed by atoms with Gasteiger partial charge in [-0.1, -0.05) is 45.8 Å². The molecule has 4 heteroatoms. The molecule has 2 N–H and O–H groups in total.